The zero-order valence-corrected chi connectivity index (χ0v) is 20.6. The maximum absolute atomic E-state index is 15.0. The lowest BCUT2D eigenvalue weighted by molar-refractivity contribution is 0.0501. The van der Waals surface area contributed by atoms with Crippen LogP contribution in [0.15, 0.2) is 30.3 Å². The Morgan fingerprint density at radius 1 is 1.17 bits per heavy atom. The Morgan fingerprint density at radius 2 is 1.86 bits per heavy atom. The number of anilines is 3. The van der Waals surface area contributed by atoms with Gasteiger partial charge in [0.1, 0.15) is 11.4 Å². The van der Waals surface area contributed by atoms with Crippen LogP contribution in [0.2, 0.25) is 0 Å². The topological polar surface area (TPSA) is 135 Å². The third kappa shape index (κ3) is 7.14. The van der Waals surface area contributed by atoms with Crippen LogP contribution in [-0.4, -0.2) is 40.5 Å². The van der Waals surface area contributed by atoms with Crippen molar-refractivity contribution in [1.29, 1.82) is 0 Å². The summed E-state index contributed by atoms with van der Waals surface area (Å²) in [7, 11) is 0. The molecule has 1 saturated carbocycles. The minimum atomic E-state index is -0.855. The van der Waals surface area contributed by atoms with Crippen LogP contribution in [0.25, 0.3) is 0 Å². The minimum absolute atomic E-state index is 0.0457. The molecule has 188 valence electrons. The zero-order valence-electron chi connectivity index (χ0n) is 20.6. The number of ether oxygens (including phenoxy) is 1. The van der Waals surface area contributed by atoms with Crippen molar-refractivity contribution < 1.29 is 23.5 Å². The number of pyridine rings is 1. The molecule has 0 saturated heterocycles. The van der Waals surface area contributed by atoms with E-state index in [1.165, 1.54) is 6.92 Å². The number of carbonyl (C=O) groups is 3. The van der Waals surface area contributed by atoms with Gasteiger partial charge < -0.3 is 26.4 Å². The van der Waals surface area contributed by atoms with Crippen molar-refractivity contribution in [3.8, 4) is 0 Å². The fraction of sp³-hybridized carbons (Fsp3) is 0.440. The number of nitrogens with two attached hydrogens (primary N) is 1. The highest BCUT2D eigenvalue weighted by molar-refractivity contribution is 5.99. The third-order valence-corrected chi connectivity index (χ3v) is 5.49. The standard InChI is InChI=1S/C25H32FN5O4/c1-13(28-24(34)35-25(3,4)5)20(15-9-10-15)30-23-19(26)12-18(21(27)33)22(31-23)29-17-8-6-7-16(11-17)14(2)32/h6-8,11-13,15,20H,9-10H2,1-5H3,(H2,27,33)(H,28,34)(H2,29,30,31)/t13-,20-/m0/s1. The summed E-state index contributed by atoms with van der Waals surface area (Å²) in [6.07, 6.45) is 1.27. The van der Waals surface area contributed by atoms with Gasteiger partial charge >= 0.3 is 6.09 Å². The van der Waals surface area contributed by atoms with Crippen molar-refractivity contribution in [2.24, 2.45) is 11.7 Å². The van der Waals surface area contributed by atoms with Crippen LogP contribution in [0, 0.1) is 11.7 Å². The highest BCUT2D eigenvalue weighted by Crippen LogP contribution is 2.36. The normalized spacial score (nSPS) is 15.0. The summed E-state index contributed by atoms with van der Waals surface area (Å²) in [5.74, 6) is -1.57. The maximum Gasteiger partial charge on any atom is 0.407 e. The quantitative estimate of drug-likeness (QED) is 0.387. The molecule has 1 aromatic heterocycles. The van der Waals surface area contributed by atoms with Crippen LogP contribution < -0.4 is 21.7 Å². The van der Waals surface area contributed by atoms with Crippen LogP contribution in [0.5, 0.6) is 0 Å². The van der Waals surface area contributed by atoms with Crippen molar-refractivity contribution in [3.63, 3.8) is 0 Å². The van der Waals surface area contributed by atoms with Gasteiger partial charge in [0.2, 0.25) is 0 Å². The van der Waals surface area contributed by atoms with Gasteiger partial charge in [-0.1, -0.05) is 12.1 Å². The zero-order chi connectivity index (χ0) is 25.9. The summed E-state index contributed by atoms with van der Waals surface area (Å²) in [4.78, 5) is 40.2. The summed E-state index contributed by atoms with van der Waals surface area (Å²) in [5.41, 5.74) is 5.63. The van der Waals surface area contributed by atoms with Gasteiger partial charge in [0, 0.05) is 17.3 Å². The number of halogens is 1. The smallest absolute Gasteiger partial charge is 0.407 e. The van der Waals surface area contributed by atoms with Gasteiger partial charge in [0.15, 0.2) is 17.4 Å². The second-order valence-corrected chi connectivity index (χ2v) is 9.78. The van der Waals surface area contributed by atoms with Gasteiger partial charge in [-0.05, 0) is 71.6 Å². The first-order valence-electron chi connectivity index (χ1n) is 11.5. The molecule has 0 unspecified atom stereocenters. The second-order valence-electron chi connectivity index (χ2n) is 9.78. The van der Waals surface area contributed by atoms with Crippen LogP contribution in [0.1, 0.15) is 68.2 Å². The van der Waals surface area contributed by atoms with Crippen molar-refractivity contribution in [2.75, 3.05) is 10.6 Å². The number of alkyl carbamates (subject to hydrolysis) is 1. The number of primary amides is 1. The highest BCUT2D eigenvalue weighted by Gasteiger charge is 2.37. The van der Waals surface area contributed by atoms with Gasteiger partial charge in [-0.2, -0.15) is 0 Å². The number of nitrogens with one attached hydrogen (secondary N) is 3. The Labute approximate surface area is 204 Å². The number of Topliss-reactive ketones (excluding diaryl/α,β-unsaturated/α-hetero) is 1. The average Bonchev–Trinajstić information content (AvgIpc) is 3.57. The van der Waals surface area contributed by atoms with Gasteiger partial charge in [0.25, 0.3) is 5.91 Å². The van der Waals surface area contributed by atoms with Crippen molar-refractivity contribution in [2.45, 2.75) is 65.1 Å². The van der Waals surface area contributed by atoms with Crippen molar-refractivity contribution in [3.05, 3.63) is 47.3 Å². The number of benzene rings is 1. The van der Waals surface area contributed by atoms with Crippen molar-refractivity contribution in [1.82, 2.24) is 10.3 Å². The Hall–Kier alpha value is -3.69. The fourth-order valence-corrected chi connectivity index (χ4v) is 3.67. The number of hydrogen-bond acceptors (Lipinski definition) is 7. The first-order chi connectivity index (χ1) is 16.3. The number of nitrogens with zero attached hydrogens (tertiary/aromatic N) is 1. The Bertz CT molecular complexity index is 1130. The van der Waals surface area contributed by atoms with E-state index in [0.717, 1.165) is 18.9 Å². The van der Waals surface area contributed by atoms with E-state index in [0.29, 0.717) is 11.3 Å². The number of hydrogen-bond donors (Lipinski definition) is 4. The molecule has 1 aromatic carbocycles. The molecule has 1 heterocycles. The summed E-state index contributed by atoms with van der Waals surface area (Å²) in [6.45, 7) is 8.56. The lowest BCUT2D eigenvalue weighted by atomic mass is 10.0. The lowest BCUT2D eigenvalue weighted by Crippen LogP contribution is -2.47. The molecule has 1 fully saturated rings. The summed E-state index contributed by atoms with van der Waals surface area (Å²) in [6, 6.07) is 6.94. The molecule has 0 aliphatic heterocycles. The van der Waals surface area contributed by atoms with E-state index in [9.17, 15) is 18.8 Å². The lowest BCUT2D eigenvalue weighted by Gasteiger charge is -2.28. The number of rotatable bonds is 9. The Kier molecular flexibility index (Phi) is 7.62. The van der Waals surface area contributed by atoms with E-state index in [2.05, 4.69) is 20.9 Å². The summed E-state index contributed by atoms with van der Waals surface area (Å²) in [5, 5.41) is 8.86. The SMILES string of the molecule is CC(=O)c1cccc(Nc2nc(N[C@H](C3CC3)[C@H](C)NC(=O)OC(C)(C)C)c(F)cc2C(N)=O)c1. The molecule has 2 aromatic rings. The van der Waals surface area contributed by atoms with Crippen LogP contribution >= 0.6 is 0 Å². The number of aromatic nitrogens is 1. The van der Waals surface area contributed by atoms with Crippen LogP contribution in [0.4, 0.5) is 26.5 Å². The van der Waals surface area contributed by atoms with E-state index in [-0.39, 0.29) is 34.9 Å². The predicted octanol–water partition coefficient (Wildman–Crippen LogP) is 4.37. The van der Waals surface area contributed by atoms with Gasteiger partial charge in [-0.15, -0.1) is 0 Å². The molecule has 9 nitrogen and oxygen atoms in total. The molecule has 0 bridgehead atoms. The van der Waals surface area contributed by atoms with Gasteiger partial charge in [-0.3, -0.25) is 9.59 Å². The Balaban J connectivity index is 1.86. The van der Waals surface area contributed by atoms with E-state index < -0.39 is 29.5 Å². The Morgan fingerprint density at radius 3 is 2.43 bits per heavy atom. The molecule has 5 N–H and O–H groups in total. The van der Waals surface area contributed by atoms with E-state index in [1.807, 2.05) is 6.92 Å². The third-order valence-electron chi connectivity index (χ3n) is 5.49. The molecular formula is C25H32FN5O4. The second kappa shape index (κ2) is 10.3. The average molecular weight is 486 g/mol. The number of ketones is 1. The van der Waals surface area contributed by atoms with Crippen LogP contribution in [0.3, 0.4) is 0 Å². The molecule has 35 heavy (non-hydrogen) atoms. The van der Waals surface area contributed by atoms with Gasteiger partial charge in [0.05, 0.1) is 11.6 Å². The first-order valence-corrected chi connectivity index (χ1v) is 11.5. The van der Waals surface area contributed by atoms with E-state index in [4.69, 9.17) is 10.5 Å². The predicted molar refractivity (Wildman–Crippen MR) is 131 cm³/mol. The molecule has 0 radical (unpaired) electrons. The molecule has 1 aliphatic rings. The summed E-state index contributed by atoms with van der Waals surface area (Å²) >= 11 is 0. The largest absolute Gasteiger partial charge is 0.444 e. The number of carbonyl (C=O) groups excluding carboxylic acids is 3. The van der Waals surface area contributed by atoms with Crippen LogP contribution in [-0.2, 0) is 4.74 Å². The summed E-state index contributed by atoms with van der Waals surface area (Å²) < 4.78 is 20.3. The number of amides is 2. The molecule has 2 amide bonds. The van der Waals surface area contributed by atoms with E-state index in [1.54, 1.807) is 45.0 Å². The fourth-order valence-electron chi connectivity index (χ4n) is 3.67. The first kappa shape index (κ1) is 25.9. The minimum Gasteiger partial charge on any atom is -0.444 e. The molecule has 2 atom stereocenters. The highest BCUT2D eigenvalue weighted by atomic mass is 19.1. The molecule has 3 rings (SSSR count). The maximum atomic E-state index is 15.0. The van der Waals surface area contributed by atoms with Crippen molar-refractivity contribution >= 4 is 35.1 Å². The molecular weight excluding hydrogens is 453 g/mol. The molecule has 10 heteroatoms. The molecule has 1 aliphatic carbocycles. The van der Waals surface area contributed by atoms with Gasteiger partial charge in [-0.25, -0.2) is 14.2 Å². The monoisotopic (exact) mass is 485 g/mol. The van der Waals surface area contributed by atoms with E-state index >= 15 is 0 Å². The molecule has 0 spiro atoms.